The van der Waals surface area contributed by atoms with Gasteiger partial charge < -0.3 is 21.3 Å². The van der Waals surface area contributed by atoms with E-state index in [1.807, 2.05) is 0 Å². The first-order chi connectivity index (χ1) is 10.9. The van der Waals surface area contributed by atoms with Crippen molar-refractivity contribution in [2.24, 2.45) is 11.8 Å². The van der Waals surface area contributed by atoms with Crippen LogP contribution in [0.4, 0.5) is 0 Å². The SMILES string of the molecule is CC(C)[N-]C([N-]C(C)C)C(C)C.CC(C)[N-]C([N-]C(C)C)C(C)C.[Co]. The minimum Gasteiger partial charge on any atom is -0.675 e. The Morgan fingerprint density at radius 2 is 0.520 bits per heavy atom. The number of hydrogen-bond donors (Lipinski definition) is 0. The van der Waals surface area contributed by atoms with Crippen molar-refractivity contribution in [1.29, 1.82) is 0 Å². The van der Waals surface area contributed by atoms with Crippen LogP contribution in [0.15, 0.2) is 0 Å². The van der Waals surface area contributed by atoms with Gasteiger partial charge in [0.15, 0.2) is 0 Å². The molecule has 0 heterocycles. The maximum Gasteiger partial charge on any atom is 0 e. The molecule has 5 heteroatoms. The normalized spacial score (nSPS) is 12.0. The number of hydrogen-bond acceptors (Lipinski definition) is 0. The molecule has 1 radical (unpaired) electrons. The number of nitrogens with zero attached hydrogens (tertiary/aromatic N) is 4. The van der Waals surface area contributed by atoms with E-state index in [0.29, 0.717) is 36.0 Å². The maximum atomic E-state index is 4.55. The summed E-state index contributed by atoms with van der Waals surface area (Å²) in [5.41, 5.74) is 0. The zero-order chi connectivity index (χ0) is 19.4. The summed E-state index contributed by atoms with van der Waals surface area (Å²) in [7, 11) is 0. The maximum absolute atomic E-state index is 4.55. The van der Waals surface area contributed by atoms with Gasteiger partial charge in [-0.3, -0.25) is 0 Å². The quantitative estimate of drug-likeness (QED) is 0.377. The summed E-state index contributed by atoms with van der Waals surface area (Å²) in [5, 5.41) is 18.2. The van der Waals surface area contributed by atoms with Gasteiger partial charge in [0.25, 0.3) is 0 Å². The van der Waals surface area contributed by atoms with Crippen LogP contribution < -0.4 is 0 Å². The van der Waals surface area contributed by atoms with E-state index in [2.05, 4.69) is 104 Å². The molecular weight excluding hydrogens is 355 g/mol. The molecule has 0 aliphatic rings. The smallest absolute Gasteiger partial charge is 0 e. The molecule has 0 bridgehead atoms. The standard InChI is InChI=1S/2C10H22N2.Co/c2*1-7(2)10(11-8(3)4)12-9(5)6;/h2*7-10H,1-6H3;/q2*-2;. The van der Waals surface area contributed by atoms with E-state index < -0.39 is 0 Å². The average molecular weight is 400 g/mol. The molecule has 0 fully saturated rings. The minimum atomic E-state index is 0. The van der Waals surface area contributed by atoms with Gasteiger partial charge >= 0.3 is 0 Å². The van der Waals surface area contributed by atoms with Crippen molar-refractivity contribution in [3.63, 3.8) is 0 Å². The molecule has 0 rings (SSSR count). The molecule has 0 spiro atoms. The van der Waals surface area contributed by atoms with Gasteiger partial charge in [-0.15, -0.1) is 24.2 Å². The van der Waals surface area contributed by atoms with Crippen LogP contribution in [0.1, 0.15) is 83.1 Å². The van der Waals surface area contributed by atoms with Gasteiger partial charge in [-0.2, -0.15) is 0 Å². The summed E-state index contributed by atoms with van der Waals surface area (Å²) in [4.78, 5) is 0. The molecule has 0 amide bonds. The molecule has 25 heavy (non-hydrogen) atoms. The van der Waals surface area contributed by atoms with E-state index in [-0.39, 0.29) is 29.1 Å². The van der Waals surface area contributed by atoms with Gasteiger partial charge in [-0.25, -0.2) is 12.3 Å². The molecule has 0 unspecified atom stereocenters. The van der Waals surface area contributed by atoms with Gasteiger partial charge in [0.1, 0.15) is 0 Å². The van der Waals surface area contributed by atoms with E-state index in [0.717, 1.165) is 0 Å². The molecule has 0 aliphatic carbocycles. The van der Waals surface area contributed by atoms with Crippen molar-refractivity contribution in [3.8, 4) is 0 Å². The summed E-state index contributed by atoms with van der Waals surface area (Å²) >= 11 is 0. The third-order valence-corrected chi connectivity index (χ3v) is 3.00. The van der Waals surface area contributed by atoms with Crippen LogP contribution in [-0.2, 0) is 16.8 Å². The first-order valence-corrected chi connectivity index (χ1v) is 9.66. The fourth-order valence-electron chi connectivity index (χ4n) is 1.99. The van der Waals surface area contributed by atoms with Gasteiger partial charge in [-0.05, 0) is 0 Å². The van der Waals surface area contributed by atoms with Crippen LogP contribution >= 0.6 is 0 Å². The van der Waals surface area contributed by atoms with Crippen molar-refractivity contribution in [1.82, 2.24) is 0 Å². The van der Waals surface area contributed by atoms with Crippen molar-refractivity contribution < 1.29 is 16.8 Å². The largest absolute Gasteiger partial charge is 0.675 e. The first-order valence-electron chi connectivity index (χ1n) is 9.66. The van der Waals surface area contributed by atoms with Gasteiger partial charge in [-0.1, -0.05) is 94.9 Å². The third kappa shape index (κ3) is 20.5. The van der Waals surface area contributed by atoms with Crippen molar-refractivity contribution in [2.75, 3.05) is 0 Å². The Labute approximate surface area is 169 Å². The van der Waals surface area contributed by atoms with Crippen molar-refractivity contribution in [3.05, 3.63) is 21.3 Å². The minimum absolute atomic E-state index is 0. The summed E-state index contributed by atoms with van der Waals surface area (Å²) in [6, 6.07) is 1.56. The second-order valence-corrected chi connectivity index (χ2v) is 8.29. The molecule has 0 saturated heterocycles. The average Bonchev–Trinajstić information content (AvgIpc) is 2.35. The van der Waals surface area contributed by atoms with E-state index in [4.69, 9.17) is 0 Å². The van der Waals surface area contributed by atoms with Crippen LogP contribution in [0.5, 0.6) is 0 Å². The van der Waals surface area contributed by atoms with Crippen LogP contribution in [0.25, 0.3) is 21.3 Å². The molecule has 0 saturated carbocycles. The molecule has 0 atom stereocenters. The topological polar surface area (TPSA) is 56.4 Å². The van der Waals surface area contributed by atoms with E-state index in [1.54, 1.807) is 0 Å². The Morgan fingerprint density at radius 1 is 0.360 bits per heavy atom. The van der Waals surface area contributed by atoms with Crippen LogP contribution in [0.3, 0.4) is 0 Å². The molecule has 0 aromatic heterocycles. The zero-order valence-corrected chi connectivity index (χ0v) is 19.8. The van der Waals surface area contributed by atoms with Gasteiger partial charge in [0.05, 0.1) is 0 Å². The molecule has 4 nitrogen and oxygen atoms in total. The summed E-state index contributed by atoms with van der Waals surface area (Å²) < 4.78 is 0. The van der Waals surface area contributed by atoms with Crippen molar-refractivity contribution >= 4 is 0 Å². The Kier molecular flexibility index (Phi) is 19.9. The van der Waals surface area contributed by atoms with Gasteiger partial charge in [0.2, 0.25) is 0 Å². The van der Waals surface area contributed by atoms with Crippen LogP contribution in [0.2, 0.25) is 0 Å². The fraction of sp³-hybridized carbons (Fsp3) is 1.00. The first kappa shape index (κ1) is 30.1. The second-order valence-electron chi connectivity index (χ2n) is 8.29. The second kappa shape index (κ2) is 16.5. The van der Waals surface area contributed by atoms with Crippen molar-refractivity contribution in [2.45, 2.75) is 120 Å². The predicted molar refractivity (Wildman–Crippen MR) is 111 cm³/mol. The Morgan fingerprint density at radius 3 is 0.600 bits per heavy atom. The van der Waals surface area contributed by atoms with Crippen LogP contribution in [-0.4, -0.2) is 36.5 Å². The van der Waals surface area contributed by atoms with E-state index >= 15 is 0 Å². The zero-order valence-electron chi connectivity index (χ0n) is 18.7. The molecule has 0 aromatic carbocycles. The fourth-order valence-corrected chi connectivity index (χ4v) is 1.99. The summed E-state index contributed by atoms with van der Waals surface area (Å²) in [6.45, 7) is 25.5. The third-order valence-electron chi connectivity index (χ3n) is 3.00. The monoisotopic (exact) mass is 399 g/mol. The van der Waals surface area contributed by atoms with E-state index in [9.17, 15) is 0 Å². The molecule has 0 aliphatic heterocycles. The summed E-state index contributed by atoms with van der Waals surface area (Å²) in [6.07, 6.45) is 0.370. The molecule has 157 valence electrons. The predicted octanol–water partition coefficient (Wildman–Crippen LogP) is 7.06. The Bertz CT molecular complexity index is 231. The summed E-state index contributed by atoms with van der Waals surface area (Å²) in [5.74, 6) is 1.05. The molecule has 0 aromatic rings. The Hall–Kier alpha value is 0.346. The van der Waals surface area contributed by atoms with Gasteiger partial charge in [0, 0.05) is 16.8 Å². The van der Waals surface area contributed by atoms with Crippen LogP contribution in [0, 0.1) is 11.8 Å². The van der Waals surface area contributed by atoms with E-state index in [1.165, 1.54) is 0 Å². The molecular formula is C20H44CoN4-4. The molecule has 0 N–H and O–H groups in total. The Balaban J connectivity index is -0.000000372. The number of rotatable bonds is 10.